The summed E-state index contributed by atoms with van der Waals surface area (Å²) >= 11 is 3.42. The zero-order valence-corrected chi connectivity index (χ0v) is 17.5. The number of nitrogens with zero attached hydrogens (tertiary/aromatic N) is 6. The molecule has 0 aliphatic rings. The minimum Gasteiger partial charge on any atom is -0.288 e. The highest BCUT2D eigenvalue weighted by Crippen LogP contribution is 2.15. The fraction of sp³-hybridized carbons (Fsp3) is 0.150. The zero-order valence-electron chi connectivity index (χ0n) is 15.9. The topological polar surface area (TPSA) is 90.5 Å². The molecule has 2 heterocycles. The van der Waals surface area contributed by atoms with Crippen molar-refractivity contribution in [2.45, 2.75) is 20.4 Å². The number of aromatic nitrogens is 6. The molecule has 2 aromatic carbocycles. The van der Waals surface area contributed by atoms with Gasteiger partial charge < -0.3 is 0 Å². The molecule has 0 aliphatic heterocycles. The predicted octanol–water partition coefficient (Wildman–Crippen LogP) is 3.54. The second-order valence-corrected chi connectivity index (χ2v) is 7.54. The Balaban J connectivity index is 1.47. The lowest BCUT2D eigenvalue weighted by Crippen LogP contribution is -2.15. The molecule has 146 valence electrons. The third-order valence-electron chi connectivity index (χ3n) is 4.38. The predicted molar refractivity (Wildman–Crippen MR) is 112 cm³/mol. The first-order chi connectivity index (χ1) is 14.0. The lowest BCUT2D eigenvalue weighted by Gasteiger charge is -2.04. The van der Waals surface area contributed by atoms with Crippen LogP contribution in [0.3, 0.4) is 0 Å². The summed E-state index contributed by atoms with van der Waals surface area (Å²) in [6, 6.07) is 15.8. The summed E-state index contributed by atoms with van der Waals surface area (Å²) in [6.45, 7) is 4.36. The molecule has 1 amide bonds. The van der Waals surface area contributed by atoms with E-state index in [2.05, 4.69) is 41.6 Å². The van der Waals surface area contributed by atoms with E-state index in [1.807, 2.05) is 55.5 Å². The van der Waals surface area contributed by atoms with E-state index < -0.39 is 5.91 Å². The van der Waals surface area contributed by atoms with Crippen LogP contribution in [0.5, 0.6) is 0 Å². The monoisotopic (exact) mass is 451 g/mol. The Bertz CT molecular complexity index is 1160. The van der Waals surface area contributed by atoms with Gasteiger partial charge in [-0.3, -0.25) is 10.1 Å². The van der Waals surface area contributed by atoms with Gasteiger partial charge in [-0.1, -0.05) is 45.4 Å². The number of halogens is 1. The number of carbonyl (C=O) groups is 1. The van der Waals surface area contributed by atoms with E-state index >= 15 is 0 Å². The number of amides is 1. The van der Waals surface area contributed by atoms with Crippen molar-refractivity contribution in [3.05, 3.63) is 81.8 Å². The van der Waals surface area contributed by atoms with Crippen molar-refractivity contribution >= 4 is 27.8 Å². The molecule has 0 saturated carbocycles. The number of aryl methyl sites for hydroxylation is 1. The van der Waals surface area contributed by atoms with Crippen LogP contribution in [0.15, 0.2) is 59.3 Å². The van der Waals surface area contributed by atoms with E-state index in [0.29, 0.717) is 12.2 Å². The van der Waals surface area contributed by atoms with Gasteiger partial charge in [-0.2, -0.15) is 0 Å². The molecular weight excluding hydrogens is 434 g/mol. The number of nitrogens with one attached hydrogen (secondary N) is 1. The minimum absolute atomic E-state index is 0.219. The van der Waals surface area contributed by atoms with Crippen LogP contribution in [0.1, 0.15) is 27.3 Å². The Kier molecular flexibility index (Phi) is 5.22. The first kappa shape index (κ1) is 19.0. The smallest absolute Gasteiger partial charge is 0.280 e. The number of hydrogen-bond acceptors (Lipinski definition) is 5. The van der Waals surface area contributed by atoms with E-state index in [1.165, 1.54) is 0 Å². The van der Waals surface area contributed by atoms with Crippen molar-refractivity contribution < 1.29 is 4.79 Å². The average molecular weight is 452 g/mol. The summed E-state index contributed by atoms with van der Waals surface area (Å²) in [7, 11) is 0. The van der Waals surface area contributed by atoms with Gasteiger partial charge >= 0.3 is 0 Å². The molecule has 0 aliphatic carbocycles. The number of benzene rings is 2. The molecule has 8 nitrogen and oxygen atoms in total. The van der Waals surface area contributed by atoms with Crippen LogP contribution < -0.4 is 5.32 Å². The normalized spacial score (nSPS) is 10.9. The maximum atomic E-state index is 12.6. The van der Waals surface area contributed by atoms with Gasteiger partial charge in [0, 0.05) is 4.47 Å². The second-order valence-electron chi connectivity index (χ2n) is 6.62. The summed E-state index contributed by atoms with van der Waals surface area (Å²) in [5.74, 6) is -0.181. The summed E-state index contributed by atoms with van der Waals surface area (Å²) in [5, 5.41) is 15.1. The van der Waals surface area contributed by atoms with Gasteiger partial charge in [0.1, 0.15) is 6.33 Å². The maximum absolute atomic E-state index is 12.6. The molecular formula is C20H18BrN7O. The highest BCUT2D eigenvalue weighted by Gasteiger charge is 2.19. The molecule has 9 heteroatoms. The van der Waals surface area contributed by atoms with Gasteiger partial charge in [-0.15, -0.1) is 10.2 Å². The van der Waals surface area contributed by atoms with E-state index in [0.717, 1.165) is 21.3 Å². The van der Waals surface area contributed by atoms with E-state index in [9.17, 15) is 4.79 Å². The molecule has 2 aromatic heterocycles. The lowest BCUT2D eigenvalue weighted by molar-refractivity contribution is 0.102. The summed E-state index contributed by atoms with van der Waals surface area (Å²) in [6.07, 6.45) is 1.58. The molecule has 4 aromatic rings. The van der Waals surface area contributed by atoms with Gasteiger partial charge in [0.05, 0.1) is 17.9 Å². The molecule has 0 unspecified atom stereocenters. The van der Waals surface area contributed by atoms with Gasteiger partial charge in [0.15, 0.2) is 5.69 Å². The van der Waals surface area contributed by atoms with Gasteiger partial charge in [0.2, 0.25) is 5.95 Å². The van der Waals surface area contributed by atoms with Crippen molar-refractivity contribution in [1.29, 1.82) is 0 Å². The third-order valence-corrected chi connectivity index (χ3v) is 4.90. The van der Waals surface area contributed by atoms with Crippen LogP contribution in [0.25, 0.3) is 5.69 Å². The molecule has 0 radical (unpaired) electrons. The zero-order chi connectivity index (χ0) is 20.4. The number of hydrogen-bond donors (Lipinski definition) is 1. The van der Waals surface area contributed by atoms with Crippen LogP contribution in [-0.4, -0.2) is 35.7 Å². The quantitative estimate of drug-likeness (QED) is 0.500. The Hall–Kier alpha value is -3.33. The highest BCUT2D eigenvalue weighted by molar-refractivity contribution is 9.10. The standard InChI is InChI=1S/C20H18BrN7O/c1-13-4-3-5-17(10-13)28-14(2)18(24-26-28)19(29)23-20-22-12-27(25-20)11-15-6-8-16(21)9-7-15/h3-10,12H,11H2,1-2H3,(H,23,25,29). The Morgan fingerprint density at radius 1 is 1.14 bits per heavy atom. The number of anilines is 1. The first-order valence-electron chi connectivity index (χ1n) is 8.94. The Labute approximate surface area is 175 Å². The molecule has 4 rings (SSSR count). The summed E-state index contributed by atoms with van der Waals surface area (Å²) in [4.78, 5) is 16.8. The van der Waals surface area contributed by atoms with Gasteiger partial charge in [-0.25, -0.2) is 14.3 Å². The van der Waals surface area contributed by atoms with E-state index in [-0.39, 0.29) is 11.6 Å². The number of carbonyl (C=O) groups excluding carboxylic acids is 1. The van der Waals surface area contributed by atoms with Gasteiger partial charge in [-0.05, 0) is 49.2 Å². The Morgan fingerprint density at radius 3 is 2.69 bits per heavy atom. The fourth-order valence-corrected chi connectivity index (χ4v) is 3.17. The minimum atomic E-state index is -0.400. The van der Waals surface area contributed by atoms with Crippen molar-refractivity contribution in [3.8, 4) is 5.69 Å². The van der Waals surface area contributed by atoms with E-state index in [1.54, 1.807) is 22.6 Å². The lowest BCUT2D eigenvalue weighted by atomic mass is 10.2. The SMILES string of the molecule is Cc1cccc(-n2nnc(C(=O)Nc3ncn(Cc4ccc(Br)cc4)n3)c2C)c1. The second kappa shape index (κ2) is 7.96. The van der Waals surface area contributed by atoms with Crippen LogP contribution in [0.2, 0.25) is 0 Å². The number of rotatable bonds is 5. The maximum Gasteiger partial charge on any atom is 0.280 e. The largest absolute Gasteiger partial charge is 0.288 e. The molecule has 0 saturated heterocycles. The van der Waals surface area contributed by atoms with Crippen molar-refractivity contribution in [1.82, 2.24) is 29.8 Å². The van der Waals surface area contributed by atoms with Crippen molar-refractivity contribution in [3.63, 3.8) is 0 Å². The summed E-state index contributed by atoms with van der Waals surface area (Å²) in [5.41, 5.74) is 3.90. The molecule has 0 bridgehead atoms. The van der Waals surface area contributed by atoms with Crippen LogP contribution in [0, 0.1) is 13.8 Å². The third kappa shape index (κ3) is 4.24. The molecule has 0 atom stereocenters. The summed E-state index contributed by atoms with van der Waals surface area (Å²) < 4.78 is 4.32. The average Bonchev–Trinajstić information content (AvgIpc) is 3.30. The molecule has 0 spiro atoms. The first-order valence-corrected chi connectivity index (χ1v) is 9.73. The highest BCUT2D eigenvalue weighted by atomic mass is 79.9. The van der Waals surface area contributed by atoms with Crippen molar-refractivity contribution in [2.75, 3.05) is 5.32 Å². The van der Waals surface area contributed by atoms with Gasteiger partial charge in [0.25, 0.3) is 5.91 Å². The van der Waals surface area contributed by atoms with Crippen LogP contribution in [0.4, 0.5) is 5.95 Å². The van der Waals surface area contributed by atoms with Crippen molar-refractivity contribution in [2.24, 2.45) is 0 Å². The van der Waals surface area contributed by atoms with E-state index in [4.69, 9.17) is 0 Å². The molecule has 1 N–H and O–H groups in total. The Morgan fingerprint density at radius 2 is 1.93 bits per heavy atom. The van der Waals surface area contributed by atoms with Crippen LogP contribution >= 0.6 is 15.9 Å². The van der Waals surface area contributed by atoms with Crippen LogP contribution in [-0.2, 0) is 6.54 Å². The fourth-order valence-electron chi connectivity index (χ4n) is 2.91. The molecule has 29 heavy (non-hydrogen) atoms. The molecule has 0 fully saturated rings.